The van der Waals surface area contributed by atoms with E-state index in [0.717, 1.165) is 6.07 Å². The van der Waals surface area contributed by atoms with Crippen LogP contribution in [-0.2, 0) is 13.1 Å². The Morgan fingerprint density at radius 3 is 2.40 bits per heavy atom. The minimum atomic E-state index is -0.907. The summed E-state index contributed by atoms with van der Waals surface area (Å²) in [5.41, 5.74) is 0.678. The maximum atomic E-state index is 13.4. The zero-order valence-electron chi connectivity index (χ0n) is 10.5. The molecule has 104 valence electrons. The van der Waals surface area contributed by atoms with Gasteiger partial charge in [0.25, 0.3) is 5.69 Å². The lowest BCUT2D eigenvalue weighted by Gasteiger charge is -2.07. The maximum Gasteiger partial charge on any atom is 0.273 e. The smallest absolute Gasteiger partial charge is 0.273 e. The zero-order valence-corrected chi connectivity index (χ0v) is 10.5. The maximum absolute atomic E-state index is 13.4. The quantitative estimate of drug-likeness (QED) is 0.675. The molecule has 0 amide bonds. The molecule has 0 aliphatic rings. The van der Waals surface area contributed by atoms with Crippen LogP contribution in [0.2, 0.25) is 0 Å². The summed E-state index contributed by atoms with van der Waals surface area (Å²) in [5.74, 6) is -1.81. The van der Waals surface area contributed by atoms with Crippen molar-refractivity contribution in [2.45, 2.75) is 13.1 Å². The average Bonchev–Trinajstić information content (AvgIpc) is 2.44. The second kappa shape index (κ2) is 6.21. The van der Waals surface area contributed by atoms with Gasteiger partial charge >= 0.3 is 0 Å². The molecule has 6 heteroatoms. The molecule has 2 aromatic carbocycles. The summed E-state index contributed by atoms with van der Waals surface area (Å²) < 4.78 is 26.4. The number of nitro benzene ring substituents is 1. The third kappa shape index (κ3) is 3.16. The van der Waals surface area contributed by atoms with Gasteiger partial charge in [-0.3, -0.25) is 10.1 Å². The molecule has 0 aliphatic heterocycles. The van der Waals surface area contributed by atoms with Gasteiger partial charge in [0, 0.05) is 30.3 Å². The molecule has 0 aliphatic carbocycles. The lowest BCUT2D eigenvalue weighted by molar-refractivity contribution is -0.385. The summed E-state index contributed by atoms with van der Waals surface area (Å²) in [6, 6.07) is 10.2. The van der Waals surface area contributed by atoms with E-state index in [1.54, 1.807) is 18.2 Å². The molecule has 0 unspecified atom stereocenters. The van der Waals surface area contributed by atoms with Crippen LogP contribution in [0.15, 0.2) is 42.5 Å². The number of rotatable bonds is 5. The summed E-state index contributed by atoms with van der Waals surface area (Å²) in [6.45, 7) is 0.294. The van der Waals surface area contributed by atoms with Gasteiger partial charge < -0.3 is 5.32 Å². The van der Waals surface area contributed by atoms with Crippen molar-refractivity contribution >= 4 is 5.69 Å². The summed E-state index contributed by atoms with van der Waals surface area (Å²) in [5, 5.41) is 13.7. The van der Waals surface area contributed by atoms with E-state index in [9.17, 15) is 18.9 Å². The van der Waals surface area contributed by atoms with Gasteiger partial charge in [-0.15, -0.1) is 0 Å². The minimum Gasteiger partial charge on any atom is -0.308 e. The molecule has 2 aromatic rings. The molecule has 0 radical (unpaired) electrons. The summed E-state index contributed by atoms with van der Waals surface area (Å²) in [7, 11) is 0. The number of benzene rings is 2. The van der Waals surface area contributed by atoms with E-state index in [1.807, 2.05) is 0 Å². The van der Waals surface area contributed by atoms with Gasteiger partial charge in [0.1, 0.15) is 0 Å². The predicted octanol–water partition coefficient (Wildman–Crippen LogP) is 3.16. The van der Waals surface area contributed by atoms with E-state index in [-0.39, 0.29) is 24.3 Å². The molecule has 0 saturated carbocycles. The van der Waals surface area contributed by atoms with Gasteiger partial charge in [-0.1, -0.05) is 30.3 Å². The highest BCUT2D eigenvalue weighted by atomic mass is 19.2. The second-order valence-electron chi connectivity index (χ2n) is 4.20. The number of nitrogens with zero attached hydrogens (tertiary/aromatic N) is 1. The Kier molecular flexibility index (Phi) is 4.37. The first kappa shape index (κ1) is 14.1. The number of hydrogen-bond donors (Lipinski definition) is 1. The van der Waals surface area contributed by atoms with Crippen molar-refractivity contribution in [3.05, 3.63) is 75.3 Å². The van der Waals surface area contributed by atoms with Crippen LogP contribution in [0.5, 0.6) is 0 Å². The monoisotopic (exact) mass is 278 g/mol. The molecule has 0 spiro atoms. The second-order valence-corrected chi connectivity index (χ2v) is 4.20. The Morgan fingerprint density at radius 1 is 1.00 bits per heavy atom. The number of nitrogens with one attached hydrogen (secondary N) is 1. The SMILES string of the molecule is O=[N+]([O-])c1ccccc1CNCc1cccc(F)c1F. The molecular weight excluding hydrogens is 266 g/mol. The topological polar surface area (TPSA) is 55.2 Å². The van der Waals surface area contributed by atoms with Gasteiger partial charge in [-0.25, -0.2) is 8.78 Å². The molecule has 1 N–H and O–H groups in total. The van der Waals surface area contributed by atoms with Crippen molar-refractivity contribution in [2.24, 2.45) is 0 Å². The molecule has 0 atom stereocenters. The Balaban J connectivity index is 2.03. The molecule has 0 fully saturated rings. The van der Waals surface area contributed by atoms with Crippen molar-refractivity contribution in [2.75, 3.05) is 0 Å². The lowest BCUT2D eigenvalue weighted by Crippen LogP contribution is -2.15. The molecule has 0 bridgehead atoms. The van der Waals surface area contributed by atoms with Gasteiger partial charge in [0.05, 0.1) is 4.92 Å². The highest BCUT2D eigenvalue weighted by Crippen LogP contribution is 2.17. The highest BCUT2D eigenvalue weighted by molar-refractivity contribution is 5.39. The third-order valence-corrected chi connectivity index (χ3v) is 2.85. The number of hydrogen-bond acceptors (Lipinski definition) is 3. The molecular formula is C14H12F2N2O2. The first-order valence-electron chi connectivity index (χ1n) is 5.95. The number of nitro groups is 1. The van der Waals surface area contributed by atoms with Crippen LogP contribution < -0.4 is 5.32 Å². The van der Waals surface area contributed by atoms with Crippen LogP contribution >= 0.6 is 0 Å². The van der Waals surface area contributed by atoms with Crippen molar-refractivity contribution in [1.29, 1.82) is 0 Å². The molecule has 2 rings (SSSR count). The first-order chi connectivity index (χ1) is 9.59. The normalized spacial score (nSPS) is 10.5. The van der Waals surface area contributed by atoms with E-state index in [0.29, 0.717) is 5.56 Å². The molecule has 4 nitrogen and oxygen atoms in total. The fourth-order valence-electron chi connectivity index (χ4n) is 1.86. The summed E-state index contributed by atoms with van der Waals surface area (Å²) in [4.78, 5) is 10.3. The van der Waals surface area contributed by atoms with Crippen LogP contribution in [0, 0.1) is 21.7 Å². The first-order valence-corrected chi connectivity index (χ1v) is 5.95. The number of para-hydroxylation sites is 1. The van der Waals surface area contributed by atoms with Gasteiger partial charge in [-0.2, -0.15) is 0 Å². The summed E-state index contributed by atoms with van der Waals surface area (Å²) >= 11 is 0. The van der Waals surface area contributed by atoms with Gasteiger partial charge in [-0.05, 0) is 6.07 Å². The van der Waals surface area contributed by atoms with Crippen LogP contribution in [0.25, 0.3) is 0 Å². The highest BCUT2D eigenvalue weighted by Gasteiger charge is 2.12. The zero-order chi connectivity index (χ0) is 14.5. The van der Waals surface area contributed by atoms with E-state index < -0.39 is 16.6 Å². The minimum absolute atomic E-state index is 0.000265. The van der Waals surface area contributed by atoms with E-state index in [2.05, 4.69) is 5.32 Å². The van der Waals surface area contributed by atoms with Crippen molar-refractivity contribution in [3.63, 3.8) is 0 Å². The third-order valence-electron chi connectivity index (χ3n) is 2.85. The van der Waals surface area contributed by atoms with Crippen LogP contribution in [0.1, 0.15) is 11.1 Å². The summed E-state index contributed by atoms with van der Waals surface area (Å²) in [6.07, 6.45) is 0. The Bertz CT molecular complexity index is 632. The van der Waals surface area contributed by atoms with E-state index >= 15 is 0 Å². The largest absolute Gasteiger partial charge is 0.308 e. The Morgan fingerprint density at radius 2 is 1.65 bits per heavy atom. The van der Waals surface area contributed by atoms with Crippen molar-refractivity contribution < 1.29 is 13.7 Å². The van der Waals surface area contributed by atoms with Gasteiger partial charge in [0.15, 0.2) is 11.6 Å². The predicted molar refractivity (Wildman–Crippen MR) is 70.0 cm³/mol. The standard InChI is InChI=1S/C14H12F2N2O2/c15-12-6-3-5-11(14(12)16)9-17-8-10-4-1-2-7-13(10)18(19)20/h1-7,17H,8-9H2. The van der Waals surface area contributed by atoms with Crippen molar-refractivity contribution in [1.82, 2.24) is 5.32 Å². The average molecular weight is 278 g/mol. The van der Waals surface area contributed by atoms with Crippen LogP contribution in [0.3, 0.4) is 0 Å². The Labute approximate surface area is 114 Å². The van der Waals surface area contributed by atoms with E-state index in [4.69, 9.17) is 0 Å². The van der Waals surface area contributed by atoms with E-state index in [1.165, 1.54) is 18.2 Å². The molecule has 20 heavy (non-hydrogen) atoms. The molecule has 0 saturated heterocycles. The fourth-order valence-corrected chi connectivity index (χ4v) is 1.86. The van der Waals surface area contributed by atoms with Crippen LogP contribution in [-0.4, -0.2) is 4.92 Å². The Hall–Kier alpha value is -2.34. The van der Waals surface area contributed by atoms with Crippen LogP contribution in [0.4, 0.5) is 14.5 Å². The number of halogens is 2. The lowest BCUT2D eigenvalue weighted by atomic mass is 10.1. The fraction of sp³-hybridized carbons (Fsp3) is 0.143. The molecule has 0 heterocycles. The van der Waals surface area contributed by atoms with Gasteiger partial charge in [0.2, 0.25) is 0 Å². The molecule has 0 aromatic heterocycles. The van der Waals surface area contributed by atoms with Crippen molar-refractivity contribution in [3.8, 4) is 0 Å².